The van der Waals surface area contributed by atoms with Gasteiger partial charge in [0.2, 0.25) is 0 Å². The zero-order valence-electron chi connectivity index (χ0n) is 18.5. The van der Waals surface area contributed by atoms with Crippen LogP contribution in [0.1, 0.15) is 36.7 Å². The zero-order valence-corrected chi connectivity index (χ0v) is 18.5. The predicted molar refractivity (Wildman–Crippen MR) is 122 cm³/mol. The maximum absolute atomic E-state index is 12.3. The van der Waals surface area contributed by atoms with Crippen LogP contribution >= 0.6 is 0 Å². The monoisotopic (exact) mass is 424 g/mol. The average Bonchev–Trinajstić information content (AvgIpc) is 2.72. The van der Waals surface area contributed by atoms with E-state index in [1.165, 1.54) is 5.56 Å². The molecule has 31 heavy (non-hydrogen) atoms. The minimum absolute atomic E-state index is 0.0629. The highest BCUT2D eigenvalue weighted by atomic mass is 16.5. The van der Waals surface area contributed by atoms with Gasteiger partial charge in [0.05, 0.1) is 12.7 Å². The Kier molecular flexibility index (Phi) is 7.65. The van der Waals surface area contributed by atoms with Crippen molar-refractivity contribution < 1.29 is 14.3 Å². The fourth-order valence-electron chi connectivity index (χ4n) is 3.42. The van der Waals surface area contributed by atoms with Crippen molar-refractivity contribution >= 4 is 17.6 Å². The topological polar surface area (TPSA) is 82.7 Å². The van der Waals surface area contributed by atoms with Gasteiger partial charge in [-0.25, -0.2) is 4.79 Å². The Bertz CT molecular complexity index is 880. The van der Waals surface area contributed by atoms with Crippen molar-refractivity contribution in [3.05, 3.63) is 65.7 Å². The molecule has 2 aromatic carbocycles. The normalized spacial score (nSPS) is 17.1. The van der Waals surface area contributed by atoms with Crippen LogP contribution in [-0.4, -0.2) is 54.7 Å². The molecule has 2 aromatic rings. The largest absolute Gasteiger partial charge is 0.374 e. The summed E-state index contributed by atoms with van der Waals surface area (Å²) in [6.07, 6.45) is -0.0629. The quantitative estimate of drug-likeness (QED) is 0.665. The molecule has 166 valence electrons. The smallest absolute Gasteiger partial charge is 0.319 e. The Morgan fingerprint density at radius 1 is 1.10 bits per heavy atom. The van der Waals surface area contributed by atoms with E-state index >= 15 is 0 Å². The van der Waals surface area contributed by atoms with Crippen LogP contribution < -0.4 is 16.0 Å². The molecule has 7 heteroatoms. The van der Waals surface area contributed by atoms with E-state index < -0.39 is 0 Å². The van der Waals surface area contributed by atoms with Gasteiger partial charge in [-0.05, 0) is 44.5 Å². The van der Waals surface area contributed by atoms with E-state index in [1.54, 1.807) is 24.3 Å². The van der Waals surface area contributed by atoms with E-state index in [4.69, 9.17) is 4.74 Å². The summed E-state index contributed by atoms with van der Waals surface area (Å²) in [5.41, 5.74) is 2.00. The predicted octanol–water partition coefficient (Wildman–Crippen LogP) is 3.24. The van der Waals surface area contributed by atoms with Crippen molar-refractivity contribution in [2.75, 3.05) is 31.6 Å². The van der Waals surface area contributed by atoms with E-state index in [1.807, 2.05) is 39.0 Å². The SMILES string of the molecule is CC(C)(C)NC(=O)c1cccc(NC(=O)NCC2CN(Cc3ccccc3)CCO2)c1. The molecule has 1 fully saturated rings. The molecule has 0 saturated carbocycles. The first-order chi connectivity index (χ1) is 14.8. The molecule has 0 aromatic heterocycles. The van der Waals surface area contributed by atoms with E-state index in [0.29, 0.717) is 24.4 Å². The van der Waals surface area contributed by atoms with Crippen LogP contribution in [0.25, 0.3) is 0 Å². The van der Waals surface area contributed by atoms with Gasteiger partial charge < -0.3 is 20.7 Å². The van der Waals surface area contributed by atoms with Gasteiger partial charge in [0.15, 0.2) is 0 Å². The number of morpholine rings is 1. The van der Waals surface area contributed by atoms with Gasteiger partial charge >= 0.3 is 6.03 Å². The number of hydrogen-bond acceptors (Lipinski definition) is 4. The van der Waals surface area contributed by atoms with Crippen molar-refractivity contribution in [3.8, 4) is 0 Å². The molecule has 1 saturated heterocycles. The molecule has 0 spiro atoms. The second kappa shape index (κ2) is 10.4. The molecular formula is C24H32N4O3. The Hall–Kier alpha value is -2.90. The van der Waals surface area contributed by atoms with Crippen LogP contribution in [0.15, 0.2) is 54.6 Å². The molecule has 7 nitrogen and oxygen atoms in total. The number of anilines is 1. The van der Waals surface area contributed by atoms with Crippen LogP contribution in [-0.2, 0) is 11.3 Å². The average molecular weight is 425 g/mol. The van der Waals surface area contributed by atoms with Crippen LogP contribution in [0.4, 0.5) is 10.5 Å². The Balaban J connectivity index is 1.46. The maximum Gasteiger partial charge on any atom is 0.319 e. The molecule has 3 rings (SSSR count). The van der Waals surface area contributed by atoms with Crippen LogP contribution in [0.3, 0.4) is 0 Å². The number of benzene rings is 2. The summed E-state index contributed by atoms with van der Waals surface area (Å²) in [4.78, 5) is 27.0. The van der Waals surface area contributed by atoms with E-state index in [2.05, 4.69) is 33.0 Å². The lowest BCUT2D eigenvalue weighted by molar-refractivity contribution is -0.0285. The molecule has 1 atom stereocenters. The second-order valence-electron chi connectivity index (χ2n) is 8.83. The lowest BCUT2D eigenvalue weighted by Gasteiger charge is -2.33. The van der Waals surface area contributed by atoms with Gasteiger partial charge in [-0.1, -0.05) is 36.4 Å². The molecule has 1 aliphatic rings. The van der Waals surface area contributed by atoms with Crippen molar-refractivity contribution in [1.82, 2.24) is 15.5 Å². The minimum Gasteiger partial charge on any atom is -0.374 e. The van der Waals surface area contributed by atoms with Gasteiger partial charge in [0, 0.05) is 43.0 Å². The highest BCUT2D eigenvalue weighted by Gasteiger charge is 2.21. The number of rotatable bonds is 6. The Morgan fingerprint density at radius 2 is 1.87 bits per heavy atom. The van der Waals surface area contributed by atoms with Gasteiger partial charge in [-0.3, -0.25) is 9.69 Å². The molecule has 0 radical (unpaired) electrons. The Labute approximate surface area is 184 Å². The third kappa shape index (κ3) is 7.70. The van der Waals surface area contributed by atoms with Crippen molar-refractivity contribution in [3.63, 3.8) is 0 Å². The molecule has 1 aliphatic heterocycles. The van der Waals surface area contributed by atoms with Crippen molar-refractivity contribution in [1.29, 1.82) is 0 Å². The number of hydrogen-bond donors (Lipinski definition) is 3. The van der Waals surface area contributed by atoms with E-state index in [0.717, 1.165) is 19.6 Å². The molecule has 1 heterocycles. The summed E-state index contributed by atoms with van der Waals surface area (Å²) < 4.78 is 5.81. The van der Waals surface area contributed by atoms with Gasteiger partial charge in [-0.2, -0.15) is 0 Å². The summed E-state index contributed by atoms with van der Waals surface area (Å²) in [5, 5.41) is 8.58. The van der Waals surface area contributed by atoms with Gasteiger partial charge in [-0.15, -0.1) is 0 Å². The maximum atomic E-state index is 12.3. The first-order valence-electron chi connectivity index (χ1n) is 10.6. The van der Waals surface area contributed by atoms with Gasteiger partial charge in [0.25, 0.3) is 5.91 Å². The molecule has 0 bridgehead atoms. The highest BCUT2D eigenvalue weighted by Crippen LogP contribution is 2.13. The third-order valence-corrected chi connectivity index (χ3v) is 4.83. The summed E-state index contributed by atoms with van der Waals surface area (Å²) in [6.45, 7) is 9.35. The second-order valence-corrected chi connectivity index (χ2v) is 8.83. The minimum atomic E-state index is -0.327. The van der Waals surface area contributed by atoms with Crippen LogP contribution in [0.5, 0.6) is 0 Å². The summed E-state index contributed by atoms with van der Waals surface area (Å²) in [5.74, 6) is -0.175. The standard InChI is InChI=1S/C24H32N4O3/c1-24(2,3)27-22(29)19-10-7-11-20(14-19)26-23(30)25-15-21-17-28(12-13-31-21)16-18-8-5-4-6-9-18/h4-11,14,21H,12-13,15-17H2,1-3H3,(H,27,29)(H2,25,26,30). The Morgan fingerprint density at radius 3 is 2.61 bits per heavy atom. The molecule has 3 N–H and O–H groups in total. The number of nitrogens with one attached hydrogen (secondary N) is 3. The fraction of sp³-hybridized carbons (Fsp3) is 0.417. The van der Waals surface area contributed by atoms with Crippen LogP contribution in [0.2, 0.25) is 0 Å². The lowest BCUT2D eigenvalue weighted by atomic mass is 10.1. The summed E-state index contributed by atoms with van der Waals surface area (Å²) in [6, 6.07) is 16.9. The zero-order chi connectivity index (χ0) is 22.3. The van der Waals surface area contributed by atoms with E-state index in [9.17, 15) is 9.59 Å². The van der Waals surface area contributed by atoms with Crippen molar-refractivity contribution in [2.45, 2.75) is 39.0 Å². The number of amides is 3. The summed E-state index contributed by atoms with van der Waals surface area (Å²) in [7, 11) is 0. The number of ether oxygens (including phenoxy) is 1. The first kappa shape index (κ1) is 22.8. The number of carbonyl (C=O) groups excluding carboxylic acids is 2. The first-order valence-corrected chi connectivity index (χ1v) is 10.6. The van der Waals surface area contributed by atoms with Crippen molar-refractivity contribution in [2.24, 2.45) is 0 Å². The molecular weight excluding hydrogens is 392 g/mol. The number of carbonyl (C=O) groups is 2. The fourth-order valence-corrected chi connectivity index (χ4v) is 3.42. The molecule has 3 amide bonds. The number of urea groups is 1. The van der Waals surface area contributed by atoms with Gasteiger partial charge in [0.1, 0.15) is 0 Å². The molecule has 1 unspecified atom stereocenters. The van der Waals surface area contributed by atoms with E-state index in [-0.39, 0.29) is 23.6 Å². The highest BCUT2D eigenvalue weighted by molar-refractivity contribution is 5.97. The summed E-state index contributed by atoms with van der Waals surface area (Å²) >= 11 is 0. The van der Waals surface area contributed by atoms with Crippen LogP contribution in [0, 0.1) is 0 Å². The number of nitrogens with zero attached hydrogens (tertiary/aromatic N) is 1. The lowest BCUT2D eigenvalue weighted by Crippen LogP contribution is -2.47. The third-order valence-electron chi connectivity index (χ3n) is 4.83. The molecule has 0 aliphatic carbocycles.